The molecule has 0 spiro atoms. The number of carbonyl (C=O) groups is 1. The minimum Gasteiger partial charge on any atom is -0.358 e. The van der Waals surface area contributed by atoms with Gasteiger partial charge in [0.25, 0.3) is 0 Å². The Morgan fingerprint density at radius 1 is 1.44 bits per heavy atom. The molecule has 5 nitrogen and oxygen atoms in total. The molecule has 0 aliphatic carbocycles. The summed E-state index contributed by atoms with van der Waals surface area (Å²) in [4.78, 5) is 11.2. The monoisotopic (exact) mass is 290 g/mol. The topological polar surface area (TPSA) is 66.5 Å². The second kappa shape index (κ2) is 5.69. The lowest BCUT2D eigenvalue weighted by Crippen LogP contribution is -2.37. The van der Waals surface area contributed by atoms with Crippen LogP contribution in [0.25, 0.3) is 0 Å². The number of halogens is 1. The number of hydrogen-bond acceptors (Lipinski definition) is 3. The van der Waals surface area contributed by atoms with Crippen molar-refractivity contribution in [1.82, 2.24) is 9.62 Å². The Bertz CT molecular complexity index is 557. The van der Waals surface area contributed by atoms with Crippen molar-refractivity contribution in [2.75, 3.05) is 20.6 Å². The van der Waals surface area contributed by atoms with Gasteiger partial charge in [0, 0.05) is 14.1 Å². The van der Waals surface area contributed by atoms with Crippen molar-refractivity contribution >= 4 is 27.5 Å². The summed E-state index contributed by atoms with van der Waals surface area (Å²) in [6.45, 7) is 1.57. The lowest BCUT2D eigenvalue weighted by molar-refractivity contribution is -0.120. The van der Waals surface area contributed by atoms with Crippen LogP contribution in [-0.2, 0) is 14.8 Å². The summed E-state index contributed by atoms with van der Waals surface area (Å²) in [5.41, 5.74) is 0.868. The molecule has 7 heteroatoms. The zero-order valence-corrected chi connectivity index (χ0v) is 12.0. The van der Waals surface area contributed by atoms with E-state index in [9.17, 15) is 13.2 Å². The highest BCUT2D eigenvalue weighted by atomic mass is 35.5. The molecular formula is C11H15ClN2O3S. The van der Waals surface area contributed by atoms with Gasteiger partial charge in [-0.3, -0.25) is 4.79 Å². The van der Waals surface area contributed by atoms with Gasteiger partial charge in [-0.1, -0.05) is 17.7 Å². The van der Waals surface area contributed by atoms with Crippen molar-refractivity contribution < 1.29 is 13.2 Å². The molecule has 100 valence electrons. The van der Waals surface area contributed by atoms with Crippen LogP contribution in [0.2, 0.25) is 5.02 Å². The van der Waals surface area contributed by atoms with E-state index in [-0.39, 0.29) is 22.4 Å². The number of aryl methyl sites for hydroxylation is 1. The van der Waals surface area contributed by atoms with Crippen molar-refractivity contribution in [3.05, 3.63) is 28.8 Å². The number of nitrogens with one attached hydrogen (secondary N) is 1. The Morgan fingerprint density at radius 2 is 2.06 bits per heavy atom. The molecule has 0 atom stereocenters. The number of sulfonamides is 1. The highest BCUT2D eigenvalue weighted by Gasteiger charge is 2.24. The number of nitrogens with zero attached hydrogens (tertiary/aromatic N) is 1. The maximum Gasteiger partial charge on any atom is 0.244 e. The summed E-state index contributed by atoms with van der Waals surface area (Å²) in [6.07, 6.45) is 0. The summed E-state index contributed by atoms with van der Waals surface area (Å²) in [5.74, 6) is -0.385. The third-order valence-corrected chi connectivity index (χ3v) is 4.71. The fraction of sp³-hybridized carbons (Fsp3) is 0.364. The summed E-state index contributed by atoms with van der Waals surface area (Å²) in [5, 5.41) is 2.52. The third-order valence-electron chi connectivity index (χ3n) is 2.42. The van der Waals surface area contributed by atoms with Gasteiger partial charge in [-0.25, -0.2) is 8.42 Å². The van der Waals surface area contributed by atoms with Crippen LogP contribution in [0.5, 0.6) is 0 Å². The molecule has 0 heterocycles. The summed E-state index contributed by atoms with van der Waals surface area (Å²) < 4.78 is 25.3. The van der Waals surface area contributed by atoms with Gasteiger partial charge >= 0.3 is 0 Å². The van der Waals surface area contributed by atoms with Crippen molar-refractivity contribution in [2.45, 2.75) is 11.8 Å². The average Bonchev–Trinajstić information content (AvgIpc) is 2.28. The van der Waals surface area contributed by atoms with E-state index in [4.69, 9.17) is 11.6 Å². The normalized spacial score (nSPS) is 11.6. The predicted octanol–water partition coefficient (Wildman–Crippen LogP) is 1.01. The second-order valence-corrected chi connectivity index (χ2v) is 6.29. The molecule has 0 fully saturated rings. The Hall–Kier alpha value is -1.11. The van der Waals surface area contributed by atoms with Crippen LogP contribution in [0.15, 0.2) is 23.1 Å². The molecule has 1 amide bonds. The molecule has 0 unspecified atom stereocenters. The quantitative estimate of drug-likeness (QED) is 0.900. The molecule has 0 aromatic heterocycles. The van der Waals surface area contributed by atoms with Crippen LogP contribution in [0.1, 0.15) is 5.56 Å². The molecule has 18 heavy (non-hydrogen) atoms. The third kappa shape index (κ3) is 3.22. The lowest BCUT2D eigenvalue weighted by Gasteiger charge is -2.17. The molecular weight excluding hydrogens is 276 g/mol. The minimum absolute atomic E-state index is 0.00108. The van der Waals surface area contributed by atoms with Gasteiger partial charge in [-0.15, -0.1) is 0 Å². The number of benzene rings is 1. The molecule has 0 aliphatic heterocycles. The van der Waals surface area contributed by atoms with Crippen LogP contribution < -0.4 is 5.32 Å². The second-order valence-electron chi connectivity index (χ2n) is 3.87. The molecule has 0 aliphatic rings. The highest BCUT2D eigenvalue weighted by molar-refractivity contribution is 7.89. The molecule has 0 radical (unpaired) electrons. The van der Waals surface area contributed by atoms with Gasteiger partial charge in [0.05, 0.1) is 11.6 Å². The summed E-state index contributed by atoms with van der Waals surface area (Å²) in [6, 6.07) is 4.67. The molecule has 0 saturated heterocycles. The first-order chi connectivity index (χ1) is 8.28. The van der Waals surface area contributed by atoms with E-state index < -0.39 is 10.0 Å². The fourth-order valence-electron chi connectivity index (χ4n) is 1.35. The molecule has 1 aromatic carbocycles. The minimum atomic E-state index is -3.75. The van der Waals surface area contributed by atoms with Gasteiger partial charge in [0.15, 0.2) is 0 Å². The van der Waals surface area contributed by atoms with Crippen molar-refractivity contribution in [1.29, 1.82) is 0 Å². The zero-order chi connectivity index (χ0) is 13.9. The maximum absolute atomic E-state index is 12.2. The predicted molar refractivity (Wildman–Crippen MR) is 70.1 cm³/mol. The van der Waals surface area contributed by atoms with Crippen molar-refractivity contribution in [3.8, 4) is 0 Å². The largest absolute Gasteiger partial charge is 0.358 e. The summed E-state index contributed by atoms with van der Waals surface area (Å²) in [7, 11) is -0.971. The van der Waals surface area contributed by atoms with Crippen LogP contribution >= 0.6 is 11.6 Å². The highest BCUT2D eigenvalue weighted by Crippen LogP contribution is 2.24. The first kappa shape index (κ1) is 14.9. The molecule has 1 N–H and O–H groups in total. The average molecular weight is 291 g/mol. The van der Waals surface area contributed by atoms with Gasteiger partial charge in [0.1, 0.15) is 4.90 Å². The fourth-order valence-corrected chi connectivity index (χ4v) is 3.05. The lowest BCUT2D eigenvalue weighted by atomic mass is 10.2. The summed E-state index contributed by atoms with van der Waals surface area (Å²) >= 11 is 5.92. The van der Waals surface area contributed by atoms with Crippen molar-refractivity contribution in [3.63, 3.8) is 0 Å². The molecule has 0 saturated carbocycles. The first-order valence-corrected chi connectivity index (χ1v) is 7.04. The van der Waals surface area contributed by atoms with Crippen LogP contribution in [-0.4, -0.2) is 39.3 Å². The maximum atomic E-state index is 12.2. The van der Waals surface area contributed by atoms with Gasteiger partial charge in [0.2, 0.25) is 15.9 Å². The van der Waals surface area contributed by atoms with Gasteiger partial charge < -0.3 is 5.32 Å². The molecule has 0 bridgehead atoms. The standard InChI is InChI=1S/C11H15ClN2O3S/c1-8-4-5-10(9(12)6-8)18(16,17)14(3)7-11(15)13-2/h4-6H,7H2,1-3H3,(H,13,15). The molecule has 1 rings (SSSR count). The molecule has 1 aromatic rings. The van der Waals surface area contributed by atoms with Crippen molar-refractivity contribution in [2.24, 2.45) is 0 Å². The van der Waals surface area contributed by atoms with E-state index in [2.05, 4.69) is 5.32 Å². The van der Waals surface area contributed by atoms with E-state index in [1.54, 1.807) is 12.1 Å². The number of rotatable bonds is 4. The van der Waals surface area contributed by atoms with E-state index >= 15 is 0 Å². The SMILES string of the molecule is CNC(=O)CN(C)S(=O)(=O)c1ccc(C)cc1Cl. The smallest absolute Gasteiger partial charge is 0.244 e. The van der Waals surface area contributed by atoms with E-state index in [1.807, 2.05) is 6.92 Å². The van der Waals surface area contributed by atoms with Crippen LogP contribution in [0.3, 0.4) is 0 Å². The van der Waals surface area contributed by atoms with E-state index in [0.717, 1.165) is 9.87 Å². The number of amides is 1. The Labute approximate surface area is 112 Å². The van der Waals surface area contributed by atoms with Gasteiger partial charge in [-0.2, -0.15) is 4.31 Å². The Kier molecular flexibility index (Phi) is 4.72. The Balaban J connectivity index is 3.09. The van der Waals surface area contributed by atoms with E-state index in [0.29, 0.717) is 0 Å². The van der Waals surface area contributed by atoms with Crippen LogP contribution in [0, 0.1) is 6.92 Å². The Morgan fingerprint density at radius 3 is 2.56 bits per heavy atom. The number of carbonyl (C=O) groups excluding carboxylic acids is 1. The van der Waals surface area contributed by atoms with Crippen LogP contribution in [0.4, 0.5) is 0 Å². The van der Waals surface area contributed by atoms with E-state index in [1.165, 1.54) is 20.2 Å². The number of likely N-dealkylation sites (N-methyl/N-ethyl adjacent to an activating group) is 2. The zero-order valence-electron chi connectivity index (χ0n) is 10.4. The van der Waals surface area contributed by atoms with Gasteiger partial charge in [-0.05, 0) is 24.6 Å². The number of hydrogen-bond donors (Lipinski definition) is 1. The first-order valence-electron chi connectivity index (χ1n) is 5.22.